The summed E-state index contributed by atoms with van der Waals surface area (Å²) in [5, 5.41) is 67.8. The molecule has 37 heavy (non-hydrogen) atoms. The Morgan fingerprint density at radius 2 is 1.03 bits per heavy atom. The smallest absolute Gasteiger partial charge is 0.298 e. The van der Waals surface area contributed by atoms with Gasteiger partial charge in [-0.3, -0.25) is 40.5 Å². The number of benzene rings is 3. The van der Waals surface area contributed by atoms with Gasteiger partial charge in [0.25, 0.3) is 32.9 Å². The molecule has 3 aromatic rings. The quantitative estimate of drug-likeness (QED) is 0.262. The van der Waals surface area contributed by atoms with E-state index in [0.717, 1.165) is 18.2 Å². The SMILES string of the molecule is O=[N+]([O-])c1cc(O)cc([N+](=O)[O-])c1C1(c2c([N+](=O)[O-])cc(O)cc2[N+](=O)[O-])OS(=O)(=O)c2ccccc21. The second-order valence-electron chi connectivity index (χ2n) is 7.46. The first kappa shape index (κ1) is 24.9. The largest absolute Gasteiger partial charge is 0.507 e. The van der Waals surface area contributed by atoms with Crippen LogP contribution in [0.15, 0.2) is 53.4 Å². The highest BCUT2D eigenvalue weighted by atomic mass is 32.2. The number of fused-ring (bicyclic) bond motifs is 1. The van der Waals surface area contributed by atoms with Gasteiger partial charge >= 0.3 is 0 Å². The van der Waals surface area contributed by atoms with Gasteiger partial charge in [-0.1, -0.05) is 18.2 Å². The number of rotatable bonds is 6. The van der Waals surface area contributed by atoms with Gasteiger partial charge in [-0.15, -0.1) is 0 Å². The fourth-order valence-corrected chi connectivity index (χ4v) is 5.60. The van der Waals surface area contributed by atoms with Crippen molar-refractivity contribution in [2.75, 3.05) is 0 Å². The highest BCUT2D eigenvalue weighted by molar-refractivity contribution is 7.87. The number of aromatic hydroxyl groups is 2. The number of hydrogen-bond acceptors (Lipinski definition) is 13. The van der Waals surface area contributed by atoms with Crippen LogP contribution in [0.4, 0.5) is 22.7 Å². The number of hydrogen-bond donors (Lipinski definition) is 2. The van der Waals surface area contributed by atoms with Crippen LogP contribution in [0, 0.1) is 40.5 Å². The number of nitrogens with zero attached hydrogens (tertiary/aromatic N) is 4. The monoisotopic (exact) mass is 534 g/mol. The summed E-state index contributed by atoms with van der Waals surface area (Å²) in [6.07, 6.45) is 0. The topological polar surface area (TPSA) is 256 Å². The van der Waals surface area contributed by atoms with Crippen LogP contribution in [0.3, 0.4) is 0 Å². The first-order valence-electron chi connectivity index (χ1n) is 9.60. The predicted molar refractivity (Wildman–Crippen MR) is 117 cm³/mol. The maximum absolute atomic E-state index is 13.1. The summed E-state index contributed by atoms with van der Waals surface area (Å²) in [5.74, 6) is -2.03. The lowest BCUT2D eigenvalue weighted by Gasteiger charge is -2.27. The molecular formula is C19H10N4O13S. The minimum Gasteiger partial charge on any atom is -0.507 e. The Morgan fingerprint density at radius 3 is 1.38 bits per heavy atom. The van der Waals surface area contributed by atoms with E-state index in [4.69, 9.17) is 4.18 Å². The van der Waals surface area contributed by atoms with Crippen molar-refractivity contribution in [2.24, 2.45) is 0 Å². The van der Waals surface area contributed by atoms with E-state index in [1.165, 1.54) is 6.07 Å². The third-order valence-corrected chi connectivity index (χ3v) is 6.79. The molecule has 3 aromatic carbocycles. The second-order valence-corrected chi connectivity index (χ2v) is 8.98. The maximum atomic E-state index is 13.1. The van der Waals surface area contributed by atoms with Crippen LogP contribution in [-0.2, 0) is 19.9 Å². The molecule has 0 saturated carbocycles. The lowest BCUT2D eigenvalue weighted by atomic mass is 9.77. The van der Waals surface area contributed by atoms with Gasteiger partial charge in [0.2, 0.25) is 0 Å². The molecule has 0 saturated heterocycles. The third-order valence-electron chi connectivity index (χ3n) is 5.42. The maximum Gasteiger partial charge on any atom is 0.298 e. The van der Waals surface area contributed by atoms with Gasteiger partial charge in [0.15, 0.2) is 16.7 Å². The third kappa shape index (κ3) is 3.63. The molecule has 1 aliphatic rings. The van der Waals surface area contributed by atoms with Crippen molar-refractivity contribution in [2.45, 2.75) is 10.5 Å². The molecule has 1 aliphatic heterocycles. The van der Waals surface area contributed by atoms with Gasteiger partial charge in [-0.25, -0.2) is 4.18 Å². The van der Waals surface area contributed by atoms with Gasteiger partial charge < -0.3 is 10.2 Å². The summed E-state index contributed by atoms with van der Waals surface area (Å²) < 4.78 is 31.4. The minimum absolute atomic E-state index is 0.388. The molecule has 18 heteroatoms. The van der Waals surface area contributed by atoms with Crippen LogP contribution in [0.2, 0.25) is 0 Å². The Hall–Kier alpha value is -5.23. The van der Waals surface area contributed by atoms with Crippen LogP contribution in [0.5, 0.6) is 11.5 Å². The molecule has 0 unspecified atom stereocenters. The molecule has 4 rings (SSSR count). The van der Waals surface area contributed by atoms with Gasteiger partial charge in [0.1, 0.15) is 16.4 Å². The zero-order valence-corrected chi connectivity index (χ0v) is 18.5. The molecule has 190 valence electrons. The van der Waals surface area contributed by atoms with Gasteiger partial charge in [0, 0.05) is 5.56 Å². The first-order valence-corrected chi connectivity index (χ1v) is 11.0. The summed E-state index contributed by atoms with van der Waals surface area (Å²) >= 11 is 0. The average molecular weight is 534 g/mol. The molecule has 1 heterocycles. The van der Waals surface area contributed by atoms with Crippen molar-refractivity contribution in [1.82, 2.24) is 0 Å². The number of nitro benzene ring substituents is 4. The normalized spacial score (nSPS) is 15.0. The Kier molecular flexibility index (Phi) is 5.49. The van der Waals surface area contributed by atoms with Crippen molar-refractivity contribution in [1.29, 1.82) is 0 Å². The van der Waals surface area contributed by atoms with Crippen LogP contribution in [-0.4, -0.2) is 38.3 Å². The Balaban J connectivity index is 2.42. The second kappa shape index (κ2) is 8.17. The molecule has 0 radical (unpaired) electrons. The number of phenolic OH excluding ortho intramolecular Hbond substituents is 2. The summed E-state index contributed by atoms with van der Waals surface area (Å²) in [5.41, 5.74) is -11.8. The van der Waals surface area contributed by atoms with Crippen molar-refractivity contribution in [3.05, 3.63) is 106 Å². The Bertz CT molecular complexity index is 1520. The first-order chi connectivity index (χ1) is 17.2. The molecule has 17 nitrogen and oxygen atoms in total. The highest BCUT2D eigenvalue weighted by Crippen LogP contribution is 2.59. The standard InChI is InChI=1S/C19H10N4O13S/c24-9-5-12(20(26)27)17(13(6-9)21(28)29)19(11-3-1-2-4-16(11)37(34,35)36-19)18-14(22(30)31)7-10(25)8-15(18)23(32)33/h1-8,24-25H. The van der Waals surface area contributed by atoms with E-state index >= 15 is 0 Å². The highest BCUT2D eigenvalue weighted by Gasteiger charge is 2.62. The van der Waals surface area contributed by atoms with Crippen molar-refractivity contribution in [3.8, 4) is 11.5 Å². The summed E-state index contributed by atoms with van der Waals surface area (Å²) in [4.78, 5) is 42.2. The minimum atomic E-state index is -5.01. The molecule has 0 bridgehead atoms. The van der Waals surface area contributed by atoms with E-state index < -0.39 is 91.2 Å². The molecule has 2 N–H and O–H groups in total. The van der Waals surface area contributed by atoms with E-state index in [1.54, 1.807) is 0 Å². The lowest BCUT2D eigenvalue weighted by molar-refractivity contribution is -0.400. The van der Waals surface area contributed by atoms with Crippen molar-refractivity contribution >= 4 is 32.9 Å². The fraction of sp³-hybridized carbons (Fsp3) is 0.0526. The van der Waals surface area contributed by atoms with Crippen molar-refractivity contribution in [3.63, 3.8) is 0 Å². The van der Waals surface area contributed by atoms with Gasteiger partial charge in [-0.2, -0.15) is 8.42 Å². The van der Waals surface area contributed by atoms with E-state index in [-0.39, 0.29) is 0 Å². The molecule has 0 spiro atoms. The summed E-state index contributed by atoms with van der Waals surface area (Å²) in [6.45, 7) is 0. The van der Waals surface area contributed by atoms with Crippen LogP contribution < -0.4 is 0 Å². The molecule has 0 aliphatic carbocycles. The van der Waals surface area contributed by atoms with Crippen LogP contribution >= 0.6 is 0 Å². The van der Waals surface area contributed by atoms with Crippen LogP contribution in [0.25, 0.3) is 0 Å². The zero-order chi connectivity index (χ0) is 27.4. The molecule has 0 amide bonds. The van der Waals surface area contributed by atoms with E-state index in [1.807, 2.05) is 0 Å². The summed E-state index contributed by atoms with van der Waals surface area (Å²) in [6, 6.07) is 5.75. The van der Waals surface area contributed by atoms with E-state index in [9.17, 15) is 59.1 Å². The number of nitro groups is 4. The van der Waals surface area contributed by atoms with Crippen molar-refractivity contribution < 1.29 is 42.5 Å². The van der Waals surface area contributed by atoms with Gasteiger partial charge in [0.05, 0.1) is 44.0 Å². The predicted octanol–water partition coefficient (Wildman–Crippen LogP) is 2.74. The molecule has 0 fully saturated rings. The average Bonchev–Trinajstić information content (AvgIpc) is 3.05. The molecule has 0 aromatic heterocycles. The fourth-order valence-electron chi connectivity index (χ4n) is 4.20. The van der Waals surface area contributed by atoms with E-state index in [0.29, 0.717) is 24.3 Å². The lowest BCUT2D eigenvalue weighted by Crippen LogP contribution is -2.33. The molecule has 0 atom stereocenters. The number of phenols is 2. The Morgan fingerprint density at radius 1 is 0.676 bits per heavy atom. The van der Waals surface area contributed by atoms with Crippen LogP contribution in [0.1, 0.15) is 16.7 Å². The van der Waals surface area contributed by atoms with E-state index in [2.05, 4.69) is 0 Å². The zero-order valence-electron chi connectivity index (χ0n) is 17.7. The Labute approximate surface area is 203 Å². The summed E-state index contributed by atoms with van der Waals surface area (Å²) in [7, 11) is -5.01. The molecular weight excluding hydrogens is 524 g/mol. The van der Waals surface area contributed by atoms with Gasteiger partial charge in [-0.05, 0) is 6.07 Å².